The molecule has 0 unspecified atom stereocenters. The monoisotopic (exact) mass is 684 g/mol. The molecular formula is C32H26Cl2N2O7S2. The number of nitrogens with zero attached hydrogens (tertiary/aromatic N) is 1. The first-order valence-electron chi connectivity index (χ1n) is 13.6. The SMILES string of the molecule is O=C(O)COc1ccc(CCCS(=O)(=O)c2ccc(Cl)cc2)cc1NC(=O)c1cccc(COc2nc3cc(Cl)ccc3s2)c1. The lowest BCUT2D eigenvalue weighted by molar-refractivity contribution is -0.139. The Morgan fingerprint density at radius 2 is 1.67 bits per heavy atom. The van der Waals surface area contributed by atoms with Gasteiger partial charge in [-0.2, -0.15) is 0 Å². The lowest BCUT2D eigenvalue weighted by Crippen LogP contribution is -2.15. The Hall–Kier alpha value is -4.16. The van der Waals surface area contributed by atoms with Gasteiger partial charge in [0.25, 0.3) is 11.1 Å². The number of aromatic nitrogens is 1. The molecular weight excluding hydrogens is 659 g/mol. The van der Waals surface area contributed by atoms with Crippen LogP contribution in [0.1, 0.15) is 27.9 Å². The summed E-state index contributed by atoms with van der Waals surface area (Å²) in [5, 5.41) is 13.4. The molecule has 9 nitrogen and oxygen atoms in total. The second kappa shape index (κ2) is 14.3. The zero-order chi connectivity index (χ0) is 32.0. The molecule has 0 radical (unpaired) electrons. The van der Waals surface area contributed by atoms with Gasteiger partial charge in [0.2, 0.25) is 0 Å². The molecule has 4 aromatic carbocycles. The molecule has 0 aliphatic rings. The van der Waals surface area contributed by atoms with Gasteiger partial charge in [-0.3, -0.25) is 4.79 Å². The number of thiazole rings is 1. The van der Waals surface area contributed by atoms with Crippen LogP contribution >= 0.6 is 34.5 Å². The average molecular weight is 686 g/mol. The fourth-order valence-electron chi connectivity index (χ4n) is 4.40. The van der Waals surface area contributed by atoms with Crippen LogP contribution < -0.4 is 14.8 Å². The standard InChI is InChI=1S/C32H26Cl2N2O7S2/c33-23-7-10-25(11-8-23)45(40,41)14-2-4-20-6-12-28(42-19-30(37)38)26(16-20)35-31(39)22-5-1-3-21(15-22)18-43-32-36-27-17-24(34)9-13-29(27)44-32/h1,3,5-13,15-17H,2,4,14,18-19H2,(H,35,39)(H,37,38). The molecule has 0 atom stereocenters. The molecule has 5 aromatic rings. The minimum absolute atomic E-state index is 0.0901. The molecule has 0 aliphatic heterocycles. The first-order valence-corrected chi connectivity index (χ1v) is 16.8. The summed E-state index contributed by atoms with van der Waals surface area (Å²) < 4.78 is 37.6. The number of fused-ring (bicyclic) bond motifs is 1. The van der Waals surface area contributed by atoms with E-state index in [-0.39, 0.29) is 28.7 Å². The Labute approximate surface area is 273 Å². The summed E-state index contributed by atoms with van der Waals surface area (Å²) in [6, 6.07) is 23.2. The Morgan fingerprint density at radius 3 is 2.44 bits per heavy atom. The third-order valence-corrected chi connectivity index (χ3v) is 9.83. The van der Waals surface area contributed by atoms with Gasteiger partial charge in [0.15, 0.2) is 16.4 Å². The van der Waals surface area contributed by atoms with Crippen molar-refractivity contribution in [2.24, 2.45) is 0 Å². The zero-order valence-electron chi connectivity index (χ0n) is 23.5. The molecule has 0 fully saturated rings. The summed E-state index contributed by atoms with van der Waals surface area (Å²) in [6.07, 6.45) is 0.705. The van der Waals surface area contributed by atoms with Crippen LogP contribution in [-0.4, -0.2) is 42.7 Å². The molecule has 0 aliphatic carbocycles. The normalized spacial score (nSPS) is 11.3. The van der Waals surface area contributed by atoms with Crippen molar-refractivity contribution < 1.29 is 32.6 Å². The molecule has 2 N–H and O–H groups in total. The van der Waals surface area contributed by atoms with E-state index < -0.39 is 28.3 Å². The fourth-order valence-corrected chi connectivity index (χ4v) is 6.80. The van der Waals surface area contributed by atoms with Crippen molar-refractivity contribution in [3.63, 3.8) is 0 Å². The number of halogens is 2. The first-order chi connectivity index (χ1) is 21.6. The van der Waals surface area contributed by atoms with Gasteiger partial charge in [0.05, 0.1) is 26.6 Å². The highest BCUT2D eigenvalue weighted by molar-refractivity contribution is 7.91. The van der Waals surface area contributed by atoms with Crippen LogP contribution in [0.4, 0.5) is 5.69 Å². The fraction of sp³-hybridized carbons (Fsp3) is 0.156. The zero-order valence-corrected chi connectivity index (χ0v) is 26.7. The van der Waals surface area contributed by atoms with Crippen LogP contribution in [0.25, 0.3) is 10.2 Å². The number of carbonyl (C=O) groups excluding carboxylic acids is 1. The minimum Gasteiger partial charge on any atom is -0.480 e. The average Bonchev–Trinajstić information content (AvgIpc) is 3.42. The number of sulfone groups is 1. The van der Waals surface area contributed by atoms with Crippen LogP contribution in [0.3, 0.4) is 0 Å². The van der Waals surface area contributed by atoms with E-state index in [1.165, 1.54) is 35.6 Å². The van der Waals surface area contributed by atoms with E-state index in [0.29, 0.717) is 33.6 Å². The quantitative estimate of drug-likeness (QED) is 0.132. The molecule has 5 rings (SSSR count). The van der Waals surface area contributed by atoms with Gasteiger partial charge in [-0.25, -0.2) is 18.2 Å². The molecule has 45 heavy (non-hydrogen) atoms. The van der Waals surface area contributed by atoms with Crippen molar-refractivity contribution >= 4 is 72.2 Å². The summed E-state index contributed by atoms with van der Waals surface area (Å²) in [5.41, 5.74) is 2.81. The van der Waals surface area contributed by atoms with Gasteiger partial charge in [-0.1, -0.05) is 52.7 Å². The summed E-state index contributed by atoms with van der Waals surface area (Å²) in [4.78, 5) is 29.0. The number of hydrogen-bond donors (Lipinski definition) is 2. The van der Waals surface area contributed by atoms with E-state index >= 15 is 0 Å². The maximum atomic E-state index is 13.3. The highest BCUT2D eigenvalue weighted by Gasteiger charge is 2.16. The van der Waals surface area contributed by atoms with Crippen LogP contribution in [0.2, 0.25) is 10.0 Å². The van der Waals surface area contributed by atoms with Gasteiger partial charge in [-0.15, -0.1) is 0 Å². The Morgan fingerprint density at radius 1 is 0.889 bits per heavy atom. The number of amides is 1. The number of hydrogen-bond acceptors (Lipinski definition) is 8. The van der Waals surface area contributed by atoms with Crippen LogP contribution in [0.5, 0.6) is 10.9 Å². The number of anilines is 1. The number of carboxylic acid groups (broad SMARTS) is 1. The van der Waals surface area contributed by atoms with Gasteiger partial charge in [0, 0.05) is 15.6 Å². The smallest absolute Gasteiger partial charge is 0.341 e. The number of carbonyl (C=O) groups is 2. The van der Waals surface area contributed by atoms with E-state index in [4.69, 9.17) is 37.8 Å². The minimum atomic E-state index is -3.51. The third kappa shape index (κ3) is 8.73. The lowest BCUT2D eigenvalue weighted by atomic mass is 10.1. The van der Waals surface area contributed by atoms with Gasteiger partial charge in [0.1, 0.15) is 12.4 Å². The second-order valence-corrected chi connectivity index (χ2v) is 13.9. The molecule has 1 aromatic heterocycles. The van der Waals surface area contributed by atoms with E-state index in [9.17, 15) is 18.0 Å². The predicted octanol–water partition coefficient (Wildman–Crippen LogP) is 7.30. The summed E-state index contributed by atoms with van der Waals surface area (Å²) in [5.74, 6) is -1.55. The van der Waals surface area contributed by atoms with E-state index in [1.54, 1.807) is 48.5 Å². The van der Waals surface area contributed by atoms with Crippen molar-refractivity contribution in [2.75, 3.05) is 17.7 Å². The number of aryl methyl sites for hydroxylation is 1. The largest absolute Gasteiger partial charge is 0.480 e. The topological polar surface area (TPSA) is 132 Å². The summed E-state index contributed by atoms with van der Waals surface area (Å²) in [7, 11) is -3.51. The molecule has 0 bridgehead atoms. The van der Waals surface area contributed by atoms with Crippen LogP contribution in [0.15, 0.2) is 89.8 Å². The predicted molar refractivity (Wildman–Crippen MR) is 175 cm³/mol. The third-order valence-electron chi connectivity index (χ3n) is 6.58. The van der Waals surface area contributed by atoms with Crippen LogP contribution in [-0.2, 0) is 27.7 Å². The van der Waals surface area contributed by atoms with Crippen molar-refractivity contribution in [2.45, 2.75) is 24.3 Å². The summed E-state index contributed by atoms with van der Waals surface area (Å²) >= 11 is 13.3. The molecule has 232 valence electrons. The van der Waals surface area contributed by atoms with Crippen LogP contribution in [0, 0.1) is 0 Å². The van der Waals surface area contributed by atoms with Gasteiger partial charge in [-0.05, 0) is 90.7 Å². The number of carboxylic acids is 1. The molecule has 13 heteroatoms. The Bertz CT molecular complexity index is 1960. The lowest BCUT2D eigenvalue weighted by Gasteiger charge is -2.14. The highest BCUT2D eigenvalue weighted by atomic mass is 35.5. The Kier molecular flexibility index (Phi) is 10.2. The molecule has 0 spiro atoms. The molecule has 0 saturated carbocycles. The second-order valence-electron chi connectivity index (χ2n) is 9.92. The maximum Gasteiger partial charge on any atom is 0.341 e. The summed E-state index contributed by atoms with van der Waals surface area (Å²) in [6.45, 7) is -0.428. The molecule has 1 heterocycles. The number of benzene rings is 4. The van der Waals surface area contributed by atoms with E-state index in [2.05, 4.69) is 10.3 Å². The molecule has 1 amide bonds. The number of rotatable bonds is 13. The number of ether oxygens (including phenoxy) is 2. The van der Waals surface area contributed by atoms with E-state index in [1.807, 2.05) is 12.1 Å². The van der Waals surface area contributed by atoms with Gasteiger partial charge >= 0.3 is 5.97 Å². The van der Waals surface area contributed by atoms with Crippen molar-refractivity contribution in [1.82, 2.24) is 4.98 Å². The Balaban J connectivity index is 1.26. The number of nitrogens with one attached hydrogen (secondary N) is 1. The first kappa shape index (κ1) is 32.2. The highest BCUT2D eigenvalue weighted by Crippen LogP contribution is 2.31. The van der Waals surface area contributed by atoms with Crippen molar-refractivity contribution in [3.8, 4) is 10.9 Å². The van der Waals surface area contributed by atoms with Crippen molar-refractivity contribution in [1.29, 1.82) is 0 Å². The number of aliphatic carboxylic acids is 1. The maximum absolute atomic E-state index is 13.3. The van der Waals surface area contributed by atoms with Crippen molar-refractivity contribution in [3.05, 3.63) is 112 Å². The van der Waals surface area contributed by atoms with E-state index in [0.717, 1.165) is 21.3 Å². The van der Waals surface area contributed by atoms with Gasteiger partial charge < -0.3 is 19.9 Å². The molecule has 0 saturated heterocycles.